The van der Waals surface area contributed by atoms with E-state index < -0.39 is 0 Å². The van der Waals surface area contributed by atoms with Crippen molar-refractivity contribution in [1.29, 1.82) is 0 Å². The van der Waals surface area contributed by atoms with Crippen LogP contribution in [0.4, 0.5) is 9.18 Å². The van der Waals surface area contributed by atoms with E-state index in [2.05, 4.69) is 6.92 Å². The van der Waals surface area contributed by atoms with E-state index in [0.717, 1.165) is 70.6 Å². The monoisotopic (exact) mass is 472 g/mol. The van der Waals surface area contributed by atoms with E-state index in [-0.39, 0.29) is 29.7 Å². The Bertz CT molecular complexity index is 906. The highest BCUT2D eigenvalue weighted by Crippen LogP contribution is 2.50. The molecular weight excluding hydrogens is 435 g/mol. The summed E-state index contributed by atoms with van der Waals surface area (Å²) in [7, 11) is 0. The minimum absolute atomic E-state index is 0.00562. The van der Waals surface area contributed by atoms with Gasteiger partial charge in [0.25, 0.3) is 0 Å². The summed E-state index contributed by atoms with van der Waals surface area (Å²) in [5.41, 5.74) is 0.668. The zero-order valence-electron chi connectivity index (χ0n) is 20.3. The quantitative estimate of drug-likeness (QED) is 0.525. The van der Waals surface area contributed by atoms with Crippen molar-refractivity contribution >= 4 is 12.0 Å². The molecule has 2 heterocycles. The number of carbonyl (C=O) groups excluding carboxylic acids is 2. The van der Waals surface area contributed by atoms with Crippen molar-refractivity contribution in [3.05, 3.63) is 29.6 Å². The van der Waals surface area contributed by atoms with E-state index in [1.807, 2.05) is 4.90 Å². The van der Waals surface area contributed by atoms with Crippen LogP contribution in [0.3, 0.4) is 0 Å². The van der Waals surface area contributed by atoms with Crippen molar-refractivity contribution in [2.75, 3.05) is 39.4 Å². The number of amides is 2. The minimum atomic E-state index is -0.368. The van der Waals surface area contributed by atoms with Gasteiger partial charge in [0.1, 0.15) is 11.6 Å². The Labute approximate surface area is 201 Å². The van der Waals surface area contributed by atoms with Crippen molar-refractivity contribution in [3.8, 4) is 5.75 Å². The van der Waals surface area contributed by atoms with E-state index in [9.17, 15) is 14.0 Å². The van der Waals surface area contributed by atoms with Crippen molar-refractivity contribution in [3.63, 3.8) is 0 Å². The number of nitrogens with zero attached hydrogens (tertiary/aromatic N) is 2. The fraction of sp³-hybridized carbons (Fsp3) is 0.704. The van der Waals surface area contributed by atoms with E-state index in [4.69, 9.17) is 9.47 Å². The first-order chi connectivity index (χ1) is 16.4. The van der Waals surface area contributed by atoms with Gasteiger partial charge in [-0.25, -0.2) is 9.18 Å². The lowest BCUT2D eigenvalue weighted by Crippen LogP contribution is -2.42. The Balaban J connectivity index is 0.982. The number of likely N-dealkylation sites (tertiary alicyclic amines) is 2. The van der Waals surface area contributed by atoms with Crippen LogP contribution in [0.5, 0.6) is 5.75 Å². The van der Waals surface area contributed by atoms with Crippen LogP contribution < -0.4 is 4.74 Å². The van der Waals surface area contributed by atoms with Gasteiger partial charge in [-0.15, -0.1) is 0 Å². The van der Waals surface area contributed by atoms with E-state index in [1.165, 1.54) is 12.5 Å². The molecule has 2 aliphatic heterocycles. The molecule has 0 N–H and O–H groups in total. The summed E-state index contributed by atoms with van der Waals surface area (Å²) in [5, 5.41) is 0. The number of hydrogen-bond donors (Lipinski definition) is 0. The predicted molar refractivity (Wildman–Crippen MR) is 126 cm³/mol. The number of hydrogen-bond acceptors (Lipinski definition) is 4. The van der Waals surface area contributed by atoms with Crippen LogP contribution in [0.1, 0.15) is 57.4 Å². The number of piperidine rings is 1. The van der Waals surface area contributed by atoms with E-state index in [1.54, 1.807) is 17.0 Å². The molecule has 1 aromatic carbocycles. The molecule has 2 atom stereocenters. The molecule has 5 rings (SSSR count). The summed E-state index contributed by atoms with van der Waals surface area (Å²) >= 11 is 0. The van der Waals surface area contributed by atoms with Gasteiger partial charge in [-0.1, -0.05) is 13.0 Å². The summed E-state index contributed by atoms with van der Waals surface area (Å²) in [6.45, 7) is 6.48. The Kier molecular flexibility index (Phi) is 6.72. The highest BCUT2D eigenvalue weighted by atomic mass is 19.1. The average molecular weight is 473 g/mol. The van der Waals surface area contributed by atoms with Gasteiger partial charge in [-0.05, 0) is 74.3 Å². The Morgan fingerprint density at radius 3 is 2.53 bits per heavy atom. The van der Waals surface area contributed by atoms with Gasteiger partial charge in [0.15, 0.2) is 0 Å². The summed E-state index contributed by atoms with van der Waals surface area (Å²) in [4.78, 5) is 28.0. The molecule has 1 aromatic rings. The first-order valence-corrected chi connectivity index (χ1v) is 13.0. The minimum Gasteiger partial charge on any atom is -0.493 e. The van der Waals surface area contributed by atoms with Crippen molar-refractivity contribution < 1.29 is 23.5 Å². The lowest BCUT2D eigenvalue weighted by molar-refractivity contribution is -0.133. The largest absolute Gasteiger partial charge is 0.493 e. The summed E-state index contributed by atoms with van der Waals surface area (Å²) in [6, 6.07) is 4.85. The zero-order valence-corrected chi connectivity index (χ0v) is 20.3. The van der Waals surface area contributed by atoms with Gasteiger partial charge in [0, 0.05) is 37.7 Å². The third kappa shape index (κ3) is 5.66. The predicted octanol–water partition coefficient (Wildman–Crippen LogP) is 4.65. The van der Waals surface area contributed by atoms with Crippen molar-refractivity contribution in [2.24, 2.45) is 23.2 Å². The van der Waals surface area contributed by atoms with Crippen LogP contribution in [0, 0.1) is 29.0 Å². The van der Waals surface area contributed by atoms with Crippen LogP contribution in [0.15, 0.2) is 18.2 Å². The maximum Gasteiger partial charge on any atom is 0.409 e. The highest BCUT2D eigenvalue weighted by Gasteiger charge is 2.44. The molecule has 4 fully saturated rings. The molecule has 2 aliphatic carbocycles. The second kappa shape index (κ2) is 9.74. The van der Waals surface area contributed by atoms with Gasteiger partial charge in [0.2, 0.25) is 5.91 Å². The molecule has 6 nitrogen and oxygen atoms in total. The molecule has 2 saturated heterocycles. The maximum atomic E-state index is 14.4. The van der Waals surface area contributed by atoms with Gasteiger partial charge < -0.3 is 19.3 Å². The molecule has 0 bridgehead atoms. The Hall–Kier alpha value is -2.31. The highest BCUT2D eigenvalue weighted by molar-refractivity contribution is 5.79. The van der Waals surface area contributed by atoms with Crippen LogP contribution >= 0.6 is 0 Å². The second-order valence-electron chi connectivity index (χ2n) is 11.2. The van der Waals surface area contributed by atoms with Gasteiger partial charge >= 0.3 is 6.09 Å². The molecule has 0 aromatic heterocycles. The van der Waals surface area contributed by atoms with Crippen LogP contribution in [0.25, 0.3) is 0 Å². The number of benzene rings is 1. The zero-order chi connectivity index (χ0) is 23.7. The fourth-order valence-corrected chi connectivity index (χ4v) is 5.31. The smallest absolute Gasteiger partial charge is 0.409 e. The summed E-state index contributed by atoms with van der Waals surface area (Å²) in [5.74, 6) is 2.22. The second-order valence-corrected chi connectivity index (χ2v) is 11.2. The van der Waals surface area contributed by atoms with Gasteiger partial charge in [-0.3, -0.25) is 4.79 Å². The summed E-state index contributed by atoms with van der Waals surface area (Å²) in [6.07, 6.45) is 7.64. The third-order valence-electron chi connectivity index (χ3n) is 8.36. The van der Waals surface area contributed by atoms with E-state index >= 15 is 0 Å². The number of halogens is 1. The fourth-order valence-electron chi connectivity index (χ4n) is 5.31. The molecule has 7 heteroatoms. The SMILES string of the molecule is CC1(COC(=O)N2CCC([C@H]3C[C@H]3CCOc3ccc(CC(=O)N4CCC4)c(F)c3)CC2)CC1. The van der Waals surface area contributed by atoms with E-state index in [0.29, 0.717) is 36.4 Å². The third-order valence-corrected chi connectivity index (χ3v) is 8.36. The van der Waals surface area contributed by atoms with Crippen LogP contribution in [-0.2, 0) is 16.0 Å². The van der Waals surface area contributed by atoms with Gasteiger partial charge in [-0.2, -0.15) is 0 Å². The van der Waals surface area contributed by atoms with Crippen molar-refractivity contribution in [1.82, 2.24) is 9.80 Å². The molecule has 0 unspecified atom stereocenters. The Morgan fingerprint density at radius 2 is 1.88 bits per heavy atom. The van der Waals surface area contributed by atoms with Gasteiger partial charge in [0.05, 0.1) is 19.6 Å². The molecule has 2 saturated carbocycles. The summed E-state index contributed by atoms with van der Waals surface area (Å²) < 4.78 is 25.7. The molecule has 0 radical (unpaired) electrons. The molecule has 0 spiro atoms. The lowest BCUT2D eigenvalue weighted by Gasteiger charge is -2.32. The maximum absolute atomic E-state index is 14.4. The Morgan fingerprint density at radius 1 is 1.12 bits per heavy atom. The first kappa shape index (κ1) is 23.4. The normalized spacial score (nSPS) is 25.5. The number of rotatable bonds is 9. The molecule has 34 heavy (non-hydrogen) atoms. The number of ether oxygens (including phenoxy) is 2. The molecule has 2 amide bonds. The lowest BCUT2D eigenvalue weighted by atomic mass is 9.91. The number of carbonyl (C=O) groups is 2. The van der Waals surface area contributed by atoms with Crippen molar-refractivity contribution in [2.45, 2.75) is 58.3 Å². The first-order valence-electron chi connectivity index (χ1n) is 13.0. The topological polar surface area (TPSA) is 59.1 Å². The van der Waals surface area contributed by atoms with Crippen LogP contribution in [0.2, 0.25) is 0 Å². The molecule has 186 valence electrons. The molecule has 4 aliphatic rings. The van der Waals surface area contributed by atoms with Crippen LogP contribution in [-0.4, -0.2) is 61.2 Å². The average Bonchev–Trinajstić information content (AvgIpc) is 3.71. The molecular formula is C27H37FN2O4. The standard InChI is InChI=1S/C27H37FN2O4/c1-27(8-9-27)18-34-26(32)30-12-5-19(6-13-30)23-15-20(23)7-14-33-22-4-3-21(24(28)17-22)16-25(31)29-10-2-11-29/h3-4,17,19-20,23H,2,5-16,18H2,1H3/t20-,23-/m1/s1.